The fourth-order valence-electron chi connectivity index (χ4n) is 2.58. The van der Waals surface area contributed by atoms with Crippen molar-refractivity contribution in [3.8, 4) is 5.69 Å². The molecule has 3 rings (SSSR count). The van der Waals surface area contributed by atoms with Gasteiger partial charge in [0.05, 0.1) is 17.4 Å². The van der Waals surface area contributed by atoms with Gasteiger partial charge in [0.2, 0.25) is 0 Å². The average Bonchev–Trinajstić information content (AvgIpc) is 3.07. The fourth-order valence-corrected chi connectivity index (χ4v) is 2.78. The SMILES string of the molecule is Cc1ccc(-n2ncc(C(=O)NCc3ccccc3Cl)c2C(F)(F)F)cc1. The first-order valence-electron chi connectivity index (χ1n) is 8.01. The number of amides is 1. The van der Waals surface area contributed by atoms with Gasteiger partial charge in [0.25, 0.3) is 5.91 Å². The molecule has 2 aromatic carbocycles. The molecule has 4 nitrogen and oxygen atoms in total. The number of aromatic nitrogens is 2. The van der Waals surface area contributed by atoms with Crippen LogP contribution >= 0.6 is 11.6 Å². The lowest BCUT2D eigenvalue weighted by atomic mass is 10.2. The maximum atomic E-state index is 13.6. The predicted octanol–water partition coefficient (Wildman–Crippen LogP) is 4.78. The summed E-state index contributed by atoms with van der Waals surface area (Å²) in [6.07, 6.45) is -3.83. The van der Waals surface area contributed by atoms with E-state index in [1.807, 2.05) is 6.92 Å². The van der Waals surface area contributed by atoms with Crippen molar-refractivity contribution in [1.29, 1.82) is 0 Å². The topological polar surface area (TPSA) is 46.9 Å². The third kappa shape index (κ3) is 4.14. The number of nitrogens with one attached hydrogen (secondary N) is 1. The zero-order valence-corrected chi connectivity index (χ0v) is 15.0. The third-order valence-corrected chi connectivity index (χ3v) is 4.33. The Kier molecular flexibility index (Phi) is 5.23. The van der Waals surface area contributed by atoms with Gasteiger partial charge in [-0.05, 0) is 30.7 Å². The lowest BCUT2D eigenvalue weighted by Crippen LogP contribution is -2.26. The molecule has 0 aliphatic rings. The molecule has 3 aromatic rings. The van der Waals surface area contributed by atoms with Gasteiger partial charge in [-0.3, -0.25) is 4.79 Å². The van der Waals surface area contributed by atoms with Crippen molar-refractivity contribution in [2.45, 2.75) is 19.6 Å². The second-order valence-corrected chi connectivity index (χ2v) is 6.33. The molecule has 8 heteroatoms. The smallest absolute Gasteiger partial charge is 0.348 e. The van der Waals surface area contributed by atoms with Gasteiger partial charge in [-0.2, -0.15) is 18.3 Å². The first-order chi connectivity index (χ1) is 12.8. The van der Waals surface area contributed by atoms with Crippen molar-refractivity contribution >= 4 is 17.5 Å². The average molecular weight is 394 g/mol. The third-order valence-electron chi connectivity index (χ3n) is 3.96. The molecule has 0 saturated carbocycles. The van der Waals surface area contributed by atoms with Crippen LogP contribution in [-0.4, -0.2) is 15.7 Å². The van der Waals surface area contributed by atoms with E-state index in [4.69, 9.17) is 11.6 Å². The van der Waals surface area contributed by atoms with E-state index in [2.05, 4.69) is 10.4 Å². The Labute approximate surface area is 158 Å². The summed E-state index contributed by atoms with van der Waals surface area (Å²) >= 11 is 6.01. The number of rotatable bonds is 4. The maximum Gasteiger partial charge on any atom is 0.434 e. The quantitative estimate of drug-likeness (QED) is 0.693. The van der Waals surface area contributed by atoms with Crippen LogP contribution in [0.5, 0.6) is 0 Å². The number of hydrogen-bond acceptors (Lipinski definition) is 2. The predicted molar refractivity (Wildman–Crippen MR) is 95.9 cm³/mol. The molecule has 140 valence electrons. The molecule has 0 unspecified atom stereocenters. The summed E-state index contributed by atoms with van der Waals surface area (Å²) in [5.74, 6) is -0.874. The largest absolute Gasteiger partial charge is 0.434 e. The number of halogens is 4. The van der Waals surface area contributed by atoms with Crippen LogP contribution in [0.3, 0.4) is 0 Å². The van der Waals surface area contributed by atoms with E-state index in [1.165, 1.54) is 12.1 Å². The van der Waals surface area contributed by atoms with E-state index >= 15 is 0 Å². The summed E-state index contributed by atoms with van der Waals surface area (Å²) in [5, 5.41) is 6.67. The van der Waals surface area contributed by atoms with Crippen LogP contribution in [0.25, 0.3) is 5.69 Å². The number of carbonyl (C=O) groups is 1. The van der Waals surface area contributed by atoms with Crippen molar-refractivity contribution < 1.29 is 18.0 Å². The maximum absolute atomic E-state index is 13.6. The highest BCUT2D eigenvalue weighted by Crippen LogP contribution is 2.33. The van der Waals surface area contributed by atoms with Gasteiger partial charge in [-0.25, -0.2) is 4.68 Å². The summed E-state index contributed by atoms with van der Waals surface area (Å²) in [6.45, 7) is 1.83. The van der Waals surface area contributed by atoms with Crippen molar-refractivity contribution in [3.63, 3.8) is 0 Å². The van der Waals surface area contributed by atoms with E-state index in [0.717, 1.165) is 16.4 Å². The molecule has 1 amide bonds. The Morgan fingerprint density at radius 1 is 1.15 bits per heavy atom. The second-order valence-electron chi connectivity index (χ2n) is 5.93. The highest BCUT2D eigenvalue weighted by molar-refractivity contribution is 6.31. The minimum absolute atomic E-state index is 0.00547. The van der Waals surface area contributed by atoms with E-state index < -0.39 is 23.3 Å². The van der Waals surface area contributed by atoms with E-state index in [0.29, 0.717) is 10.6 Å². The number of benzene rings is 2. The summed E-state index contributed by atoms with van der Waals surface area (Å²) < 4.78 is 41.6. The van der Waals surface area contributed by atoms with Crippen molar-refractivity contribution in [2.75, 3.05) is 0 Å². The summed E-state index contributed by atoms with van der Waals surface area (Å²) in [7, 11) is 0. The Morgan fingerprint density at radius 3 is 2.44 bits per heavy atom. The fraction of sp³-hybridized carbons (Fsp3) is 0.158. The lowest BCUT2D eigenvalue weighted by molar-refractivity contribution is -0.143. The first kappa shape index (κ1) is 19.0. The molecule has 1 aromatic heterocycles. The van der Waals surface area contributed by atoms with Crippen LogP contribution in [0.4, 0.5) is 13.2 Å². The zero-order valence-electron chi connectivity index (χ0n) is 14.2. The van der Waals surface area contributed by atoms with E-state index in [9.17, 15) is 18.0 Å². The Morgan fingerprint density at radius 2 is 1.81 bits per heavy atom. The molecule has 0 aliphatic heterocycles. The van der Waals surface area contributed by atoms with Crippen molar-refractivity contribution in [1.82, 2.24) is 15.1 Å². The molecular weight excluding hydrogens is 379 g/mol. The lowest BCUT2D eigenvalue weighted by Gasteiger charge is -2.13. The van der Waals surface area contributed by atoms with Gasteiger partial charge in [0, 0.05) is 11.6 Å². The standard InChI is InChI=1S/C19H15ClF3N3O/c1-12-6-8-14(9-7-12)26-17(19(21,22)23)15(11-25-26)18(27)24-10-13-4-2-3-5-16(13)20/h2-9,11H,10H2,1H3,(H,24,27). The molecule has 0 aliphatic carbocycles. The molecule has 0 bridgehead atoms. The minimum Gasteiger partial charge on any atom is -0.348 e. The number of hydrogen-bond donors (Lipinski definition) is 1. The molecule has 0 saturated heterocycles. The number of carbonyl (C=O) groups excluding carboxylic acids is 1. The second kappa shape index (κ2) is 7.44. The molecular formula is C19H15ClF3N3O. The van der Waals surface area contributed by atoms with Crippen LogP contribution in [0, 0.1) is 6.92 Å². The number of nitrogens with zero attached hydrogens (tertiary/aromatic N) is 2. The molecule has 1 N–H and O–H groups in total. The van der Waals surface area contributed by atoms with Gasteiger partial charge >= 0.3 is 6.18 Å². The zero-order chi connectivity index (χ0) is 19.6. The Bertz CT molecular complexity index is 965. The summed E-state index contributed by atoms with van der Waals surface area (Å²) in [6, 6.07) is 13.2. The van der Waals surface area contributed by atoms with Crippen LogP contribution < -0.4 is 5.32 Å². The van der Waals surface area contributed by atoms with Crippen LogP contribution in [0.15, 0.2) is 54.7 Å². The number of alkyl halides is 3. The summed E-state index contributed by atoms with van der Waals surface area (Å²) in [5.41, 5.74) is 0.0559. The first-order valence-corrected chi connectivity index (χ1v) is 8.39. The van der Waals surface area contributed by atoms with Crippen molar-refractivity contribution in [2.24, 2.45) is 0 Å². The van der Waals surface area contributed by atoms with Gasteiger partial charge in [-0.15, -0.1) is 0 Å². The van der Waals surface area contributed by atoms with Gasteiger partial charge in [-0.1, -0.05) is 47.5 Å². The minimum atomic E-state index is -4.75. The molecule has 27 heavy (non-hydrogen) atoms. The highest BCUT2D eigenvalue weighted by Gasteiger charge is 2.40. The molecule has 1 heterocycles. The molecule has 0 fully saturated rings. The van der Waals surface area contributed by atoms with Crippen LogP contribution in [0.1, 0.15) is 27.2 Å². The van der Waals surface area contributed by atoms with E-state index in [-0.39, 0.29) is 12.2 Å². The number of aryl methyl sites for hydroxylation is 1. The Hall–Kier alpha value is -2.80. The molecule has 0 atom stereocenters. The van der Waals surface area contributed by atoms with E-state index in [1.54, 1.807) is 36.4 Å². The monoisotopic (exact) mass is 393 g/mol. The van der Waals surface area contributed by atoms with Crippen LogP contribution in [-0.2, 0) is 12.7 Å². The normalized spacial score (nSPS) is 11.4. The molecule has 0 spiro atoms. The van der Waals surface area contributed by atoms with Gasteiger partial charge in [0.1, 0.15) is 0 Å². The highest BCUT2D eigenvalue weighted by atomic mass is 35.5. The van der Waals surface area contributed by atoms with Gasteiger partial charge < -0.3 is 5.32 Å². The Balaban J connectivity index is 1.92. The van der Waals surface area contributed by atoms with Gasteiger partial charge in [0.15, 0.2) is 5.69 Å². The van der Waals surface area contributed by atoms with Crippen LogP contribution in [0.2, 0.25) is 5.02 Å². The van der Waals surface area contributed by atoms with Crippen molar-refractivity contribution in [3.05, 3.63) is 82.1 Å². The summed E-state index contributed by atoms with van der Waals surface area (Å²) in [4.78, 5) is 12.4. The molecule has 0 radical (unpaired) electrons.